The summed E-state index contributed by atoms with van der Waals surface area (Å²) in [6.07, 6.45) is 2.17. The molecule has 11 heavy (non-hydrogen) atoms. The maximum atomic E-state index is 10.6. The fourth-order valence-corrected chi connectivity index (χ4v) is 1.47. The number of piperazine rings is 1. The summed E-state index contributed by atoms with van der Waals surface area (Å²) >= 11 is 0. The van der Waals surface area contributed by atoms with Crippen LogP contribution in [-0.2, 0) is 4.79 Å². The molecule has 1 unspecified atom stereocenters. The minimum atomic E-state index is 0.115. The molecule has 1 saturated heterocycles. The van der Waals surface area contributed by atoms with Crippen LogP contribution >= 0.6 is 0 Å². The van der Waals surface area contributed by atoms with Gasteiger partial charge in [0, 0.05) is 19.6 Å². The molecular weight excluding hydrogens is 140 g/mol. The van der Waals surface area contributed by atoms with Crippen molar-refractivity contribution < 1.29 is 4.79 Å². The molecule has 0 aromatic heterocycles. The number of rotatable bonds is 3. The van der Waals surface area contributed by atoms with Crippen molar-refractivity contribution in [3.05, 3.63) is 0 Å². The summed E-state index contributed by atoms with van der Waals surface area (Å²) < 4.78 is 0. The Bertz CT molecular complexity index is 125. The molecule has 1 rings (SSSR count). The molecule has 3 heteroatoms. The van der Waals surface area contributed by atoms with Gasteiger partial charge in [-0.05, 0) is 13.0 Å². The van der Waals surface area contributed by atoms with Gasteiger partial charge >= 0.3 is 0 Å². The molecule has 0 radical (unpaired) electrons. The second-order valence-corrected chi connectivity index (χ2v) is 2.94. The van der Waals surface area contributed by atoms with Crippen molar-refractivity contribution in [1.29, 1.82) is 0 Å². The molecule has 0 aromatic carbocycles. The van der Waals surface area contributed by atoms with Crippen molar-refractivity contribution in [1.82, 2.24) is 10.2 Å². The number of hydrogen-bond donors (Lipinski definition) is 1. The number of hydrogen-bond acceptors (Lipinski definition) is 3. The molecule has 0 aromatic rings. The van der Waals surface area contributed by atoms with Crippen molar-refractivity contribution in [2.24, 2.45) is 0 Å². The molecule has 1 aliphatic heterocycles. The van der Waals surface area contributed by atoms with Gasteiger partial charge in [0.05, 0.1) is 6.04 Å². The Morgan fingerprint density at radius 1 is 1.73 bits per heavy atom. The predicted octanol–water partition coefficient (Wildman–Crippen LogP) is -0.131. The van der Waals surface area contributed by atoms with Crippen molar-refractivity contribution >= 4 is 6.29 Å². The van der Waals surface area contributed by atoms with Crippen molar-refractivity contribution in [2.45, 2.75) is 19.4 Å². The molecule has 1 heterocycles. The van der Waals surface area contributed by atoms with Gasteiger partial charge in [-0.1, -0.05) is 6.92 Å². The maximum absolute atomic E-state index is 10.6. The van der Waals surface area contributed by atoms with E-state index in [4.69, 9.17) is 0 Å². The summed E-state index contributed by atoms with van der Waals surface area (Å²) in [6.45, 7) is 6.04. The summed E-state index contributed by atoms with van der Waals surface area (Å²) in [6, 6.07) is 0.115. The van der Waals surface area contributed by atoms with E-state index < -0.39 is 0 Å². The smallest absolute Gasteiger partial charge is 0.138 e. The third-order valence-corrected chi connectivity index (χ3v) is 2.07. The van der Waals surface area contributed by atoms with E-state index in [9.17, 15) is 4.79 Å². The van der Waals surface area contributed by atoms with E-state index in [1.54, 1.807) is 0 Å². The highest BCUT2D eigenvalue weighted by molar-refractivity contribution is 5.58. The first-order chi connectivity index (χ1) is 5.38. The molecule has 3 nitrogen and oxygen atoms in total. The van der Waals surface area contributed by atoms with Crippen molar-refractivity contribution in [3.8, 4) is 0 Å². The van der Waals surface area contributed by atoms with Crippen molar-refractivity contribution in [3.63, 3.8) is 0 Å². The minimum absolute atomic E-state index is 0.115. The van der Waals surface area contributed by atoms with Gasteiger partial charge in [-0.15, -0.1) is 0 Å². The zero-order valence-electron chi connectivity index (χ0n) is 7.05. The molecular formula is C8H16N2O. The monoisotopic (exact) mass is 156 g/mol. The summed E-state index contributed by atoms with van der Waals surface area (Å²) in [5, 5.41) is 3.20. The highest BCUT2D eigenvalue weighted by Crippen LogP contribution is 2.00. The number of nitrogens with zero attached hydrogens (tertiary/aromatic N) is 1. The van der Waals surface area contributed by atoms with Gasteiger partial charge in [0.15, 0.2) is 0 Å². The van der Waals surface area contributed by atoms with E-state index in [0.717, 1.165) is 38.9 Å². The predicted molar refractivity (Wildman–Crippen MR) is 44.6 cm³/mol. The van der Waals surface area contributed by atoms with Crippen LogP contribution in [0.3, 0.4) is 0 Å². The van der Waals surface area contributed by atoms with Crippen LogP contribution in [0.1, 0.15) is 13.3 Å². The molecule has 1 N–H and O–H groups in total. The first-order valence-corrected chi connectivity index (χ1v) is 4.28. The van der Waals surface area contributed by atoms with E-state index in [-0.39, 0.29) is 6.04 Å². The lowest BCUT2D eigenvalue weighted by molar-refractivity contribution is -0.112. The Morgan fingerprint density at radius 2 is 2.55 bits per heavy atom. The van der Waals surface area contributed by atoms with Gasteiger partial charge in [-0.25, -0.2) is 0 Å². The van der Waals surface area contributed by atoms with E-state index >= 15 is 0 Å². The average Bonchev–Trinajstić information content (AvgIpc) is 2.06. The maximum Gasteiger partial charge on any atom is 0.138 e. The van der Waals surface area contributed by atoms with E-state index in [1.165, 1.54) is 0 Å². The molecule has 0 bridgehead atoms. The van der Waals surface area contributed by atoms with E-state index in [2.05, 4.69) is 17.1 Å². The van der Waals surface area contributed by atoms with Crippen LogP contribution in [-0.4, -0.2) is 43.4 Å². The number of carbonyl (C=O) groups is 1. The fourth-order valence-electron chi connectivity index (χ4n) is 1.47. The Kier molecular flexibility index (Phi) is 3.52. The lowest BCUT2D eigenvalue weighted by Gasteiger charge is -2.32. The summed E-state index contributed by atoms with van der Waals surface area (Å²) in [7, 11) is 0. The lowest BCUT2D eigenvalue weighted by Crippen LogP contribution is -2.52. The van der Waals surface area contributed by atoms with Crippen molar-refractivity contribution in [2.75, 3.05) is 26.2 Å². The Balaban J connectivity index is 2.37. The van der Waals surface area contributed by atoms with Gasteiger partial charge in [-0.2, -0.15) is 0 Å². The van der Waals surface area contributed by atoms with Crippen LogP contribution in [0.5, 0.6) is 0 Å². The third kappa shape index (κ3) is 2.27. The first kappa shape index (κ1) is 8.68. The standard InChI is InChI=1S/C8H16N2O/c1-2-4-10-5-3-9-6-8(10)7-11/h7-9H,2-6H2,1H3. The quantitative estimate of drug-likeness (QED) is 0.578. The van der Waals surface area contributed by atoms with E-state index in [0.29, 0.717) is 0 Å². The highest BCUT2D eigenvalue weighted by atomic mass is 16.1. The van der Waals surface area contributed by atoms with Gasteiger partial charge in [0.25, 0.3) is 0 Å². The topological polar surface area (TPSA) is 32.3 Å². The van der Waals surface area contributed by atoms with Crippen LogP contribution in [0.4, 0.5) is 0 Å². The van der Waals surface area contributed by atoms with Crippen LogP contribution in [0.25, 0.3) is 0 Å². The second kappa shape index (κ2) is 4.46. The normalized spacial score (nSPS) is 26.8. The van der Waals surface area contributed by atoms with Crippen LogP contribution in [0.2, 0.25) is 0 Å². The summed E-state index contributed by atoms with van der Waals surface area (Å²) in [5.41, 5.74) is 0. The third-order valence-electron chi connectivity index (χ3n) is 2.07. The van der Waals surface area contributed by atoms with Crippen LogP contribution < -0.4 is 5.32 Å². The average molecular weight is 156 g/mol. The van der Waals surface area contributed by atoms with Gasteiger partial charge < -0.3 is 10.1 Å². The Labute approximate surface area is 67.8 Å². The Hall–Kier alpha value is -0.410. The summed E-state index contributed by atoms with van der Waals surface area (Å²) in [5.74, 6) is 0. The van der Waals surface area contributed by atoms with Gasteiger partial charge in [-0.3, -0.25) is 4.90 Å². The van der Waals surface area contributed by atoms with Crippen LogP contribution in [0, 0.1) is 0 Å². The zero-order chi connectivity index (χ0) is 8.10. The molecule has 1 fully saturated rings. The second-order valence-electron chi connectivity index (χ2n) is 2.94. The van der Waals surface area contributed by atoms with Gasteiger partial charge in [0.1, 0.15) is 6.29 Å². The minimum Gasteiger partial charge on any atom is -0.313 e. The van der Waals surface area contributed by atoms with Crippen LogP contribution in [0.15, 0.2) is 0 Å². The molecule has 0 spiro atoms. The number of aldehydes is 1. The van der Waals surface area contributed by atoms with Gasteiger partial charge in [0.2, 0.25) is 0 Å². The molecule has 1 aliphatic rings. The first-order valence-electron chi connectivity index (χ1n) is 4.28. The van der Waals surface area contributed by atoms with E-state index in [1.807, 2.05) is 0 Å². The molecule has 0 saturated carbocycles. The molecule has 64 valence electrons. The lowest BCUT2D eigenvalue weighted by atomic mass is 10.2. The summed E-state index contributed by atoms with van der Waals surface area (Å²) in [4.78, 5) is 12.8. The Morgan fingerprint density at radius 3 is 3.18 bits per heavy atom. The molecule has 1 atom stereocenters. The number of carbonyl (C=O) groups excluding carboxylic acids is 1. The zero-order valence-corrected chi connectivity index (χ0v) is 7.05. The molecule has 0 aliphatic carbocycles. The molecule has 0 amide bonds. The number of nitrogens with one attached hydrogen (secondary N) is 1. The largest absolute Gasteiger partial charge is 0.313 e. The SMILES string of the molecule is CCCN1CCNCC1C=O. The highest BCUT2D eigenvalue weighted by Gasteiger charge is 2.19. The fraction of sp³-hybridized carbons (Fsp3) is 0.875.